The van der Waals surface area contributed by atoms with E-state index in [4.69, 9.17) is 0 Å². The molecule has 2 aromatic rings. The smallest absolute Gasteiger partial charge is 0.274 e. The summed E-state index contributed by atoms with van der Waals surface area (Å²) in [7, 11) is 1.55. The van der Waals surface area contributed by atoms with Crippen molar-refractivity contribution in [1.82, 2.24) is 24.2 Å². The van der Waals surface area contributed by atoms with Crippen molar-refractivity contribution in [2.24, 2.45) is 13.0 Å². The van der Waals surface area contributed by atoms with E-state index in [0.717, 1.165) is 32.5 Å². The van der Waals surface area contributed by atoms with E-state index in [1.807, 2.05) is 17.4 Å². The van der Waals surface area contributed by atoms with E-state index < -0.39 is 0 Å². The summed E-state index contributed by atoms with van der Waals surface area (Å²) in [5, 5.41) is 4.03. The van der Waals surface area contributed by atoms with Crippen LogP contribution < -0.4 is 5.56 Å². The van der Waals surface area contributed by atoms with Crippen LogP contribution in [0.5, 0.6) is 0 Å². The zero-order valence-electron chi connectivity index (χ0n) is 12.6. The molecular formula is C15H19N5O2. The van der Waals surface area contributed by atoms with Crippen LogP contribution in [0.25, 0.3) is 0 Å². The van der Waals surface area contributed by atoms with Crippen molar-refractivity contribution >= 4 is 5.91 Å². The Morgan fingerprint density at radius 3 is 2.73 bits per heavy atom. The van der Waals surface area contributed by atoms with Crippen molar-refractivity contribution in [2.45, 2.75) is 19.4 Å². The summed E-state index contributed by atoms with van der Waals surface area (Å²) in [4.78, 5) is 29.6. The first-order chi connectivity index (χ1) is 10.6. The van der Waals surface area contributed by atoms with Crippen LogP contribution in [0.15, 0.2) is 35.6 Å². The lowest BCUT2D eigenvalue weighted by molar-refractivity contribution is 0.0674. The van der Waals surface area contributed by atoms with Crippen LogP contribution in [-0.2, 0) is 13.6 Å². The molecule has 7 heteroatoms. The molecule has 0 spiro atoms. The minimum atomic E-state index is -0.212. The molecule has 0 atom stereocenters. The van der Waals surface area contributed by atoms with Gasteiger partial charge >= 0.3 is 0 Å². The molecule has 2 aromatic heterocycles. The highest BCUT2D eigenvalue weighted by Crippen LogP contribution is 2.20. The Morgan fingerprint density at radius 2 is 2.09 bits per heavy atom. The van der Waals surface area contributed by atoms with Crippen LogP contribution in [0.3, 0.4) is 0 Å². The number of carbonyl (C=O) groups is 1. The molecule has 3 heterocycles. The Labute approximate surface area is 128 Å². The number of imidazole rings is 1. The molecular weight excluding hydrogens is 282 g/mol. The Hall–Kier alpha value is -2.44. The highest BCUT2D eigenvalue weighted by atomic mass is 16.2. The quantitative estimate of drug-likeness (QED) is 0.829. The molecule has 0 unspecified atom stereocenters. The first kappa shape index (κ1) is 14.5. The predicted octanol–water partition coefficient (Wildman–Crippen LogP) is 0.529. The number of rotatable bonds is 3. The molecule has 0 saturated carbocycles. The van der Waals surface area contributed by atoms with Gasteiger partial charge in [0, 0.05) is 45.1 Å². The van der Waals surface area contributed by atoms with E-state index >= 15 is 0 Å². The molecule has 0 N–H and O–H groups in total. The molecule has 116 valence electrons. The summed E-state index contributed by atoms with van der Waals surface area (Å²) in [6.07, 6.45) is 7.51. The lowest BCUT2D eigenvalue weighted by atomic mass is 9.96. The van der Waals surface area contributed by atoms with Gasteiger partial charge in [-0.05, 0) is 24.8 Å². The summed E-state index contributed by atoms with van der Waals surface area (Å²) < 4.78 is 3.27. The molecule has 1 amide bonds. The second-order valence-corrected chi connectivity index (χ2v) is 5.68. The van der Waals surface area contributed by atoms with E-state index in [0.29, 0.717) is 11.6 Å². The maximum Gasteiger partial charge on any atom is 0.274 e. The molecule has 0 aromatic carbocycles. The van der Waals surface area contributed by atoms with Crippen molar-refractivity contribution in [3.8, 4) is 0 Å². The van der Waals surface area contributed by atoms with Gasteiger partial charge in [0.05, 0.1) is 6.33 Å². The highest BCUT2D eigenvalue weighted by molar-refractivity contribution is 5.92. The molecule has 3 rings (SSSR count). The third-order valence-electron chi connectivity index (χ3n) is 4.11. The minimum absolute atomic E-state index is 0.100. The fraction of sp³-hybridized carbons (Fsp3) is 0.467. The summed E-state index contributed by atoms with van der Waals surface area (Å²) >= 11 is 0. The van der Waals surface area contributed by atoms with Crippen molar-refractivity contribution in [3.05, 3.63) is 46.9 Å². The zero-order valence-corrected chi connectivity index (χ0v) is 12.6. The number of hydrogen-bond donors (Lipinski definition) is 0. The maximum absolute atomic E-state index is 12.4. The van der Waals surface area contributed by atoms with Gasteiger partial charge in [0.25, 0.3) is 11.5 Å². The SMILES string of the molecule is Cn1nc(C(=O)N2CCC(Cn3ccnc3)CC2)ccc1=O. The standard InChI is InChI=1S/C15H19N5O2/c1-18-14(21)3-2-13(17-18)15(22)20-7-4-12(5-8-20)10-19-9-6-16-11-19/h2-3,6,9,11-12H,4-5,7-8,10H2,1H3. The van der Waals surface area contributed by atoms with Gasteiger partial charge in [0.15, 0.2) is 0 Å². The molecule has 1 aliphatic heterocycles. The van der Waals surface area contributed by atoms with Crippen molar-refractivity contribution in [3.63, 3.8) is 0 Å². The maximum atomic E-state index is 12.4. The number of carbonyl (C=O) groups excluding carboxylic acids is 1. The lowest BCUT2D eigenvalue weighted by Crippen LogP contribution is -2.40. The number of likely N-dealkylation sites (tertiary alicyclic amines) is 1. The van der Waals surface area contributed by atoms with Gasteiger partial charge in [-0.1, -0.05) is 0 Å². The summed E-state index contributed by atoms with van der Waals surface area (Å²) in [6, 6.07) is 2.88. The molecule has 0 bridgehead atoms. The fourth-order valence-corrected chi connectivity index (χ4v) is 2.79. The molecule has 0 aliphatic carbocycles. The molecule has 1 aliphatic rings. The normalized spacial score (nSPS) is 16.0. The molecule has 22 heavy (non-hydrogen) atoms. The number of aryl methyl sites for hydroxylation is 1. The second-order valence-electron chi connectivity index (χ2n) is 5.68. The number of hydrogen-bond acceptors (Lipinski definition) is 4. The Balaban J connectivity index is 1.59. The highest BCUT2D eigenvalue weighted by Gasteiger charge is 2.24. The van der Waals surface area contributed by atoms with E-state index in [-0.39, 0.29) is 11.5 Å². The predicted molar refractivity (Wildman–Crippen MR) is 80.3 cm³/mol. The summed E-state index contributed by atoms with van der Waals surface area (Å²) in [5.74, 6) is 0.461. The Bertz CT molecular complexity index is 699. The van der Waals surface area contributed by atoms with Gasteiger partial charge < -0.3 is 9.47 Å². The number of piperidine rings is 1. The average Bonchev–Trinajstić information content (AvgIpc) is 3.03. The van der Waals surface area contributed by atoms with Crippen molar-refractivity contribution in [1.29, 1.82) is 0 Å². The van der Waals surface area contributed by atoms with Crippen LogP contribution in [-0.4, -0.2) is 43.2 Å². The Morgan fingerprint density at radius 1 is 1.32 bits per heavy atom. The van der Waals surface area contributed by atoms with E-state index in [2.05, 4.69) is 14.6 Å². The lowest BCUT2D eigenvalue weighted by Gasteiger charge is -2.31. The number of nitrogens with zero attached hydrogens (tertiary/aromatic N) is 5. The second kappa shape index (κ2) is 6.13. The van der Waals surface area contributed by atoms with Gasteiger partial charge in [-0.25, -0.2) is 9.67 Å². The van der Waals surface area contributed by atoms with Gasteiger partial charge in [0.1, 0.15) is 5.69 Å². The van der Waals surface area contributed by atoms with Crippen LogP contribution >= 0.6 is 0 Å². The number of aromatic nitrogens is 4. The minimum Gasteiger partial charge on any atom is -0.337 e. The largest absolute Gasteiger partial charge is 0.337 e. The third-order valence-corrected chi connectivity index (χ3v) is 4.11. The van der Waals surface area contributed by atoms with Gasteiger partial charge in [-0.15, -0.1) is 0 Å². The van der Waals surface area contributed by atoms with Crippen molar-refractivity contribution < 1.29 is 4.79 Å². The first-order valence-electron chi connectivity index (χ1n) is 7.43. The van der Waals surface area contributed by atoms with Gasteiger partial charge in [-0.2, -0.15) is 5.10 Å². The van der Waals surface area contributed by atoms with Crippen LogP contribution in [0.4, 0.5) is 0 Å². The molecule has 7 nitrogen and oxygen atoms in total. The third kappa shape index (κ3) is 3.08. The van der Waals surface area contributed by atoms with Crippen LogP contribution in [0.1, 0.15) is 23.3 Å². The number of amides is 1. The van der Waals surface area contributed by atoms with Crippen molar-refractivity contribution in [2.75, 3.05) is 13.1 Å². The Kier molecular flexibility index (Phi) is 4.04. The average molecular weight is 301 g/mol. The fourth-order valence-electron chi connectivity index (χ4n) is 2.79. The summed E-state index contributed by atoms with van der Waals surface area (Å²) in [6.45, 7) is 2.39. The first-order valence-corrected chi connectivity index (χ1v) is 7.43. The monoisotopic (exact) mass is 301 g/mol. The van der Waals surface area contributed by atoms with Crippen LogP contribution in [0.2, 0.25) is 0 Å². The van der Waals surface area contributed by atoms with Crippen LogP contribution in [0, 0.1) is 5.92 Å². The van der Waals surface area contributed by atoms with Gasteiger partial charge in [-0.3, -0.25) is 9.59 Å². The topological polar surface area (TPSA) is 73.0 Å². The van der Waals surface area contributed by atoms with Gasteiger partial charge in [0.2, 0.25) is 0 Å². The molecule has 1 fully saturated rings. The molecule has 1 saturated heterocycles. The van der Waals surface area contributed by atoms with E-state index in [9.17, 15) is 9.59 Å². The van der Waals surface area contributed by atoms with E-state index in [1.54, 1.807) is 13.2 Å². The zero-order chi connectivity index (χ0) is 15.5. The summed E-state index contributed by atoms with van der Waals surface area (Å²) in [5.41, 5.74) is 0.116. The molecule has 0 radical (unpaired) electrons. The van der Waals surface area contributed by atoms with E-state index in [1.165, 1.54) is 16.8 Å².